The quantitative estimate of drug-likeness (QED) is 0.711. The molecule has 0 bridgehead atoms. The molecule has 106 valence electrons. The van der Waals surface area contributed by atoms with E-state index < -0.39 is 0 Å². The zero-order valence-electron chi connectivity index (χ0n) is 12.2. The Hall–Kier alpha value is -0.860. The van der Waals surface area contributed by atoms with Crippen molar-refractivity contribution >= 4 is 0 Å². The van der Waals surface area contributed by atoms with Crippen LogP contribution in [0.4, 0.5) is 0 Å². The molecule has 19 heavy (non-hydrogen) atoms. The van der Waals surface area contributed by atoms with Crippen LogP contribution in [0.3, 0.4) is 0 Å². The van der Waals surface area contributed by atoms with Gasteiger partial charge in [-0.15, -0.1) is 0 Å². The van der Waals surface area contributed by atoms with E-state index in [-0.39, 0.29) is 5.41 Å². The van der Waals surface area contributed by atoms with Crippen LogP contribution in [0.2, 0.25) is 0 Å². The van der Waals surface area contributed by atoms with Gasteiger partial charge in [-0.2, -0.15) is 0 Å². The predicted molar refractivity (Wildman–Crippen MR) is 78.3 cm³/mol. The lowest BCUT2D eigenvalue weighted by atomic mass is 9.70. The molecule has 0 heterocycles. The topological polar surface area (TPSA) is 18.5 Å². The highest BCUT2D eigenvalue weighted by molar-refractivity contribution is 5.17. The highest BCUT2D eigenvalue weighted by atomic mass is 16.5. The van der Waals surface area contributed by atoms with Gasteiger partial charge in [-0.3, -0.25) is 0 Å². The molecule has 0 spiro atoms. The van der Waals surface area contributed by atoms with Crippen molar-refractivity contribution in [2.75, 3.05) is 27.4 Å². The first-order valence-corrected chi connectivity index (χ1v) is 7.30. The van der Waals surface area contributed by atoms with Gasteiger partial charge in [-0.25, -0.2) is 0 Å². The van der Waals surface area contributed by atoms with Crippen molar-refractivity contribution in [1.29, 1.82) is 0 Å². The van der Waals surface area contributed by atoms with E-state index in [0.29, 0.717) is 0 Å². The predicted octanol–water partition coefficient (Wildman–Crippen LogP) is 3.70. The summed E-state index contributed by atoms with van der Waals surface area (Å²) in [6.07, 6.45) is 6.43. The van der Waals surface area contributed by atoms with E-state index in [2.05, 4.69) is 30.3 Å². The van der Waals surface area contributed by atoms with Crippen molar-refractivity contribution in [3.63, 3.8) is 0 Å². The Morgan fingerprint density at radius 1 is 1.05 bits per heavy atom. The van der Waals surface area contributed by atoms with E-state index >= 15 is 0 Å². The van der Waals surface area contributed by atoms with Crippen LogP contribution < -0.4 is 0 Å². The van der Waals surface area contributed by atoms with Crippen LogP contribution in [0.25, 0.3) is 0 Å². The molecule has 0 unspecified atom stereocenters. The van der Waals surface area contributed by atoms with Crippen molar-refractivity contribution in [3.8, 4) is 0 Å². The van der Waals surface area contributed by atoms with E-state index in [0.717, 1.165) is 25.6 Å². The lowest BCUT2D eigenvalue weighted by molar-refractivity contribution is -0.0137. The van der Waals surface area contributed by atoms with Crippen molar-refractivity contribution in [1.82, 2.24) is 0 Å². The van der Waals surface area contributed by atoms with Crippen molar-refractivity contribution in [2.24, 2.45) is 11.3 Å². The average Bonchev–Trinajstić information content (AvgIpc) is 2.36. The van der Waals surface area contributed by atoms with Gasteiger partial charge in [-0.05, 0) is 24.3 Å². The summed E-state index contributed by atoms with van der Waals surface area (Å²) in [7, 11) is 3.60. The zero-order valence-corrected chi connectivity index (χ0v) is 12.2. The van der Waals surface area contributed by atoms with Crippen LogP contribution in [-0.4, -0.2) is 27.4 Å². The van der Waals surface area contributed by atoms with Crippen molar-refractivity contribution in [3.05, 3.63) is 35.9 Å². The van der Waals surface area contributed by atoms with Gasteiger partial charge in [0, 0.05) is 19.6 Å². The SMILES string of the molecule is COCC(COC)(Cc1ccccc1)CC1CCC1. The largest absolute Gasteiger partial charge is 0.384 e. The first-order chi connectivity index (χ1) is 9.28. The third-order valence-corrected chi connectivity index (χ3v) is 4.27. The first kappa shape index (κ1) is 14.5. The Labute approximate surface area is 117 Å². The normalized spacial score (nSPS) is 16.3. The molecule has 1 aliphatic rings. The van der Waals surface area contributed by atoms with Crippen LogP contribution in [0.5, 0.6) is 0 Å². The van der Waals surface area contributed by atoms with E-state index in [1.165, 1.54) is 31.2 Å². The number of hydrogen-bond acceptors (Lipinski definition) is 2. The zero-order chi connectivity index (χ0) is 13.6. The summed E-state index contributed by atoms with van der Waals surface area (Å²) in [5.74, 6) is 0.869. The molecule has 0 aliphatic heterocycles. The number of rotatable bonds is 8. The molecule has 2 heteroatoms. The number of ether oxygens (including phenoxy) is 2. The standard InChI is InChI=1S/C17H26O2/c1-18-13-17(14-19-2,12-16-9-6-10-16)11-15-7-4-3-5-8-15/h3-5,7-8,16H,6,9-14H2,1-2H3. The molecule has 1 aromatic rings. The molecular weight excluding hydrogens is 236 g/mol. The van der Waals surface area contributed by atoms with Crippen LogP contribution in [0.1, 0.15) is 31.2 Å². The minimum Gasteiger partial charge on any atom is -0.384 e. The third-order valence-electron chi connectivity index (χ3n) is 4.27. The Morgan fingerprint density at radius 3 is 2.16 bits per heavy atom. The Kier molecular flexibility index (Phi) is 5.41. The van der Waals surface area contributed by atoms with E-state index in [4.69, 9.17) is 9.47 Å². The highest BCUT2D eigenvalue weighted by Gasteiger charge is 2.35. The summed E-state index contributed by atoms with van der Waals surface area (Å²) in [5, 5.41) is 0. The third kappa shape index (κ3) is 4.05. The number of methoxy groups -OCH3 is 2. The van der Waals surface area contributed by atoms with Gasteiger partial charge < -0.3 is 9.47 Å². The van der Waals surface area contributed by atoms with Gasteiger partial charge in [0.2, 0.25) is 0 Å². The highest BCUT2D eigenvalue weighted by Crippen LogP contribution is 2.40. The van der Waals surface area contributed by atoms with Crippen molar-refractivity contribution in [2.45, 2.75) is 32.1 Å². The number of benzene rings is 1. The van der Waals surface area contributed by atoms with Gasteiger partial charge in [0.15, 0.2) is 0 Å². The summed E-state index contributed by atoms with van der Waals surface area (Å²) in [6, 6.07) is 10.7. The fraction of sp³-hybridized carbons (Fsp3) is 0.647. The molecule has 0 radical (unpaired) electrons. The fourth-order valence-corrected chi connectivity index (χ4v) is 3.28. The monoisotopic (exact) mass is 262 g/mol. The van der Waals surface area contributed by atoms with Gasteiger partial charge in [-0.1, -0.05) is 49.6 Å². The Morgan fingerprint density at radius 2 is 1.68 bits per heavy atom. The molecule has 1 aliphatic carbocycles. The summed E-state index contributed by atoms with van der Waals surface area (Å²) >= 11 is 0. The molecule has 2 rings (SSSR count). The van der Waals surface area contributed by atoms with Crippen LogP contribution in [-0.2, 0) is 15.9 Å². The van der Waals surface area contributed by atoms with Gasteiger partial charge in [0.1, 0.15) is 0 Å². The van der Waals surface area contributed by atoms with E-state index in [1.807, 2.05) is 0 Å². The number of hydrogen-bond donors (Lipinski definition) is 0. The molecule has 1 fully saturated rings. The average molecular weight is 262 g/mol. The molecule has 1 saturated carbocycles. The van der Waals surface area contributed by atoms with Gasteiger partial charge in [0.25, 0.3) is 0 Å². The van der Waals surface area contributed by atoms with E-state index in [9.17, 15) is 0 Å². The summed E-state index contributed by atoms with van der Waals surface area (Å²) in [4.78, 5) is 0. The summed E-state index contributed by atoms with van der Waals surface area (Å²) in [5.41, 5.74) is 1.52. The second-order valence-electron chi connectivity index (χ2n) is 6.03. The molecule has 0 atom stereocenters. The summed E-state index contributed by atoms with van der Waals surface area (Å²) < 4.78 is 11.0. The molecule has 1 aromatic carbocycles. The van der Waals surface area contributed by atoms with Crippen LogP contribution in [0, 0.1) is 11.3 Å². The molecule has 2 nitrogen and oxygen atoms in total. The smallest absolute Gasteiger partial charge is 0.0544 e. The lowest BCUT2D eigenvalue weighted by Crippen LogP contribution is -2.37. The minimum absolute atomic E-state index is 0.135. The second-order valence-corrected chi connectivity index (χ2v) is 6.03. The minimum atomic E-state index is 0.135. The lowest BCUT2D eigenvalue weighted by Gasteiger charge is -2.39. The Balaban J connectivity index is 2.09. The van der Waals surface area contributed by atoms with Crippen LogP contribution in [0.15, 0.2) is 30.3 Å². The molecule has 0 N–H and O–H groups in total. The van der Waals surface area contributed by atoms with Gasteiger partial charge >= 0.3 is 0 Å². The van der Waals surface area contributed by atoms with Gasteiger partial charge in [0.05, 0.1) is 13.2 Å². The maximum Gasteiger partial charge on any atom is 0.0544 e. The molecule has 0 saturated heterocycles. The Bertz CT molecular complexity index is 351. The summed E-state index contributed by atoms with van der Waals surface area (Å²) in [6.45, 7) is 1.57. The van der Waals surface area contributed by atoms with Crippen molar-refractivity contribution < 1.29 is 9.47 Å². The second kappa shape index (κ2) is 7.06. The molecular formula is C17H26O2. The first-order valence-electron chi connectivity index (χ1n) is 7.30. The molecule has 0 amide bonds. The maximum atomic E-state index is 5.52. The van der Waals surface area contributed by atoms with Crippen LogP contribution >= 0.6 is 0 Å². The maximum absolute atomic E-state index is 5.52. The van der Waals surface area contributed by atoms with E-state index in [1.54, 1.807) is 14.2 Å². The molecule has 0 aromatic heterocycles. The fourth-order valence-electron chi connectivity index (χ4n) is 3.28.